The highest BCUT2D eigenvalue weighted by atomic mass is 16.5. The van der Waals surface area contributed by atoms with Crippen molar-refractivity contribution in [2.45, 2.75) is 24.6 Å². The summed E-state index contributed by atoms with van der Waals surface area (Å²) in [7, 11) is 1.75. The Bertz CT molecular complexity index is 167. The van der Waals surface area contributed by atoms with Crippen LogP contribution in [0, 0.1) is 0 Å². The quantitative estimate of drug-likeness (QED) is 0.621. The van der Waals surface area contributed by atoms with Crippen LogP contribution in [0.25, 0.3) is 0 Å². The highest BCUT2D eigenvalue weighted by molar-refractivity contribution is 4.92. The third kappa shape index (κ3) is 2.02. The number of ether oxygens (including phenoxy) is 2. The molecule has 2 fully saturated rings. The fourth-order valence-electron chi connectivity index (χ4n) is 2.12. The molecule has 13 heavy (non-hydrogen) atoms. The minimum absolute atomic E-state index is 0.0958. The minimum atomic E-state index is -0.0958. The van der Waals surface area contributed by atoms with Crippen molar-refractivity contribution in [2.75, 3.05) is 33.4 Å². The molecule has 0 saturated carbocycles. The van der Waals surface area contributed by atoms with Crippen LogP contribution in [0.5, 0.6) is 0 Å². The molecule has 2 saturated heterocycles. The lowest BCUT2D eigenvalue weighted by Gasteiger charge is -2.38. The Balaban J connectivity index is 1.90. The maximum Gasteiger partial charge on any atom is 0.133 e. The lowest BCUT2D eigenvalue weighted by molar-refractivity contribution is -0.103. The summed E-state index contributed by atoms with van der Waals surface area (Å²) in [5.74, 6) is 0. The standard InChI is InChI=1S/C9H18N2O2/c1-12-6-8-2-5-13-9(11-8)3-4-10-7-9/h8,10-11H,2-7H2,1H3. The molecule has 4 nitrogen and oxygen atoms in total. The first-order valence-corrected chi connectivity index (χ1v) is 4.96. The first-order chi connectivity index (χ1) is 6.35. The van der Waals surface area contributed by atoms with Crippen LogP contribution in [0.2, 0.25) is 0 Å². The van der Waals surface area contributed by atoms with E-state index in [1.807, 2.05) is 0 Å². The largest absolute Gasteiger partial charge is 0.383 e. The zero-order valence-corrected chi connectivity index (χ0v) is 8.14. The van der Waals surface area contributed by atoms with Gasteiger partial charge < -0.3 is 14.8 Å². The molecule has 2 aliphatic heterocycles. The predicted molar refractivity (Wildman–Crippen MR) is 49.6 cm³/mol. The van der Waals surface area contributed by atoms with Crippen molar-refractivity contribution in [1.82, 2.24) is 10.6 Å². The third-order valence-electron chi connectivity index (χ3n) is 2.80. The summed E-state index contributed by atoms with van der Waals surface area (Å²) in [6.45, 7) is 3.60. The Morgan fingerprint density at radius 1 is 1.62 bits per heavy atom. The molecule has 2 aliphatic rings. The van der Waals surface area contributed by atoms with E-state index in [1.165, 1.54) is 0 Å². The van der Waals surface area contributed by atoms with E-state index in [9.17, 15) is 0 Å². The minimum Gasteiger partial charge on any atom is -0.383 e. The van der Waals surface area contributed by atoms with Crippen LogP contribution >= 0.6 is 0 Å². The van der Waals surface area contributed by atoms with Gasteiger partial charge in [0.1, 0.15) is 5.72 Å². The topological polar surface area (TPSA) is 42.5 Å². The highest BCUT2D eigenvalue weighted by Crippen LogP contribution is 2.22. The fraction of sp³-hybridized carbons (Fsp3) is 1.00. The van der Waals surface area contributed by atoms with Gasteiger partial charge in [-0.25, -0.2) is 0 Å². The van der Waals surface area contributed by atoms with Gasteiger partial charge in [-0.2, -0.15) is 0 Å². The van der Waals surface area contributed by atoms with Crippen molar-refractivity contribution < 1.29 is 9.47 Å². The lowest BCUT2D eigenvalue weighted by Crippen LogP contribution is -2.59. The molecule has 0 radical (unpaired) electrons. The number of nitrogens with one attached hydrogen (secondary N) is 2. The smallest absolute Gasteiger partial charge is 0.133 e. The van der Waals surface area contributed by atoms with E-state index in [2.05, 4.69) is 10.6 Å². The average Bonchev–Trinajstić information content (AvgIpc) is 2.54. The van der Waals surface area contributed by atoms with Gasteiger partial charge in [0.05, 0.1) is 13.2 Å². The molecule has 2 unspecified atom stereocenters. The van der Waals surface area contributed by atoms with Crippen LogP contribution in [0.4, 0.5) is 0 Å². The van der Waals surface area contributed by atoms with E-state index in [-0.39, 0.29) is 5.72 Å². The van der Waals surface area contributed by atoms with Gasteiger partial charge in [-0.15, -0.1) is 0 Å². The van der Waals surface area contributed by atoms with Crippen LogP contribution in [0.1, 0.15) is 12.8 Å². The second-order valence-corrected chi connectivity index (χ2v) is 3.85. The Morgan fingerprint density at radius 2 is 2.54 bits per heavy atom. The number of rotatable bonds is 2. The first-order valence-electron chi connectivity index (χ1n) is 4.96. The summed E-state index contributed by atoms with van der Waals surface area (Å²) in [5, 5.41) is 6.84. The highest BCUT2D eigenvalue weighted by Gasteiger charge is 2.39. The van der Waals surface area contributed by atoms with E-state index in [4.69, 9.17) is 9.47 Å². The molecule has 2 atom stereocenters. The average molecular weight is 186 g/mol. The van der Waals surface area contributed by atoms with Crippen LogP contribution in [0.15, 0.2) is 0 Å². The van der Waals surface area contributed by atoms with Gasteiger partial charge in [0.25, 0.3) is 0 Å². The zero-order chi connectivity index (χ0) is 9.15. The zero-order valence-electron chi connectivity index (χ0n) is 8.14. The fourth-order valence-corrected chi connectivity index (χ4v) is 2.12. The molecule has 2 N–H and O–H groups in total. The molecule has 2 heterocycles. The van der Waals surface area contributed by atoms with E-state index in [0.717, 1.165) is 39.1 Å². The molecule has 0 aliphatic carbocycles. The molecule has 2 rings (SSSR count). The van der Waals surface area contributed by atoms with Crippen LogP contribution in [0.3, 0.4) is 0 Å². The van der Waals surface area contributed by atoms with Gasteiger partial charge in [0.15, 0.2) is 0 Å². The van der Waals surface area contributed by atoms with E-state index >= 15 is 0 Å². The van der Waals surface area contributed by atoms with Crippen LogP contribution < -0.4 is 10.6 Å². The second-order valence-electron chi connectivity index (χ2n) is 3.85. The number of hydrogen-bond acceptors (Lipinski definition) is 4. The van der Waals surface area contributed by atoms with E-state index in [1.54, 1.807) is 7.11 Å². The third-order valence-corrected chi connectivity index (χ3v) is 2.80. The van der Waals surface area contributed by atoms with Gasteiger partial charge in [0.2, 0.25) is 0 Å². The van der Waals surface area contributed by atoms with Gasteiger partial charge in [-0.05, 0) is 13.0 Å². The van der Waals surface area contributed by atoms with Crippen LogP contribution in [-0.4, -0.2) is 45.2 Å². The molecule has 0 aromatic rings. The summed E-state index contributed by atoms with van der Waals surface area (Å²) in [4.78, 5) is 0. The molecule has 0 amide bonds. The van der Waals surface area contributed by atoms with Crippen molar-refractivity contribution in [3.63, 3.8) is 0 Å². The summed E-state index contributed by atoms with van der Waals surface area (Å²) >= 11 is 0. The van der Waals surface area contributed by atoms with Crippen molar-refractivity contribution in [3.8, 4) is 0 Å². The summed E-state index contributed by atoms with van der Waals surface area (Å²) in [5.41, 5.74) is -0.0958. The van der Waals surface area contributed by atoms with Gasteiger partial charge in [-0.1, -0.05) is 0 Å². The molecule has 1 spiro atoms. The Labute approximate surface area is 79.0 Å². The molecule has 76 valence electrons. The maximum atomic E-state index is 5.77. The summed E-state index contributed by atoms with van der Waals surface area (Å²) in [6.07, 6.45) is 2.11. The van der Waals surface area contributed by atoms with Gasteiger partial charge in [-0.3, -0.25) is 5.32 Å². The lowest BCUT2D eigenvalue weighted by atomic mass is 10.1. The molecule has 0 bridgehead atoms. The SMILES string of the molecule is COCC1CCOC2(CCNC2)N1. The molecule has 0 aromatic carbocycles. The Hall–Kier alpha value is -0.160. The van der Waals surface area contributed by atoms with E-state index < -0.39 is 0 Å². The number of hydrogen-bond donors (Lipinski definition) is 2. The molecule has 0 aromatic heterocycles. The van der Waals surface area contributed by atoms with E-state index in [0.29, 0.717) is 6.04 Å². The maximum absolute atomic E-state index is 5.77. The monoisotopic (exact) mass is 186 g/mol. The molecular formula is C9H18N2O2. The normalized spacial score (nSPS) is 39.9. The van der Waals surface area contributed by atoms with Gasteiger partial charge in [0, 0.05) is 26.1 Å². The number of methoxy groups -OCH3 is 1. The van der Waals surface area contributed by atoms with Crippen molar-refractivity contribution in [3.05, 3.63) is 0 Å². The van der Waals surface area contributed by atoms with Crippen LogP contribution in [-0.2, 0) is 9.47 Å². The molecular weight excluding hydrogens is 168 g/mol. The Kier molecular flexibility index (Phi) is 2.83. The predicted octanol–water partition coefficient (Wildman–Crippen LogP) is -0.299. The first kappa shape index (κ1) is 9.40. The van der Waals surface area contributed by atoms with Crippen molar-refractivity contribution >= 4 is 0 Å². The second kappa shape index (κ2) is 3.92. The van der Waals surface area contributed by atoms with Crippen molar-refractivity contribution in [2.24, 2.45) is 0 Å². The molecule has 4 heteroatoms. The summed E-state index contributed by atoms with van der Waals surface area (Å²) in [6, 6.07) is 0.457. The Morgan fingerprint density at radius 3 is 3.23 bits per heavy atom. The van der Waals surface area contributed by atoms with Gasteiger partial charge >= 0.3 is 0 Å². The van der Waals surface area contributed by atoms with Crippen molar-refractivity contribution in [1.29, 1.82) is 0 Å². The summed E-state index contributed by atoms with van der Waals surface area (Å²) < 4.78 is 10.9.